The van der Waals surface area contributed by atoms with Crippen LogP contribution in [-0.4, -0.2) is 56.5 Å². The molecule has 2 rings (SSSR count). The molecule has 0 unspecified atom stereocenters. The summed E-state index contributed by atoms with van der Waals surface area (Å²) in [6, 6.07) is 6.64. The van der Waals surface area contributed by atoms with Gasteiger partial charge >= 0.3 is 6.18 Å². The number of benzene rings is 1. The van der Waals surface area contributed by atoms with Gasteiger partial charge in [0.1, 0.15) is 5.75 Å². The lowest BCUT2D eigenvalue weighted by atomic mass is 10.1. The number of hydrogen-bond donors (Lipinski definition) is 1. The fourth-order valence-electron chi connectivity index (χ4n) is 2.89. The molecule has 0 radical (unpaired) electrons. The molecule has 1 heterocycles. The molecule has 146 valence electrons. The predicted octanol–water partition coefficient (Wildman–Crippen LogP) is 3.20. The van der Waals surface area contributed by atoms with Crippen LogP contribution in [0.15, 0.2) is 29.3 Å². The lowest BCUT2D eigenvalue weighted by Gasteiger charge is -2.34. The summed E-state index contributed by atoms with van der Waals surface area (Å²) in [4.78, 5) is 6.47. The lowest BCUT2D eigenvalue weighted by Crippen LogP contribution is -2.46. The number of aliphatic imine (C=N–C) groups is 1. The first-order valence-corrected chi connectivity index (χ1v) is 8.77. The van der Waals surface area contributed by atoms with E-state index in [1.54, 1.807) is 19.2 Å². The van der Waals surface area contributed by atoms with Gasteiger partial charge in [0.05, 0.1) is 6.10 Å². The maximum atomic E-state index is 12.3. The van der Waals surface area contributed by atoms with Crippen molar-refractivity contribution in [3.05, 3.63) is 29.8 Å². The van der Waals surface area contributed by atoms with Crippen LogP contribution in [0.5, 0.6) is 5.75 Å². The van der Waals surface area contributed by atoms with Crippen LogP contribution in [-0.2, 0) is 11.3 Å². The second-order valence-corrected chi connectivity index (χ2v) is 6.09. The summed E-state index contributed by atoms with van der Waals surface area (Å²) in [5.41, 5.74) is 0.829. The number of nitrogens with zero attached hydrogens (tertiary/aromatic N) is 2. The van der Waals surface area contributed by atoms with Crippen molar-refractivity contribution in [2.75, 3.05) is 33.4 Å². The predicted molar refractivity (Wildman–Crippen MR) is 94.4 cm³/mol. The zero-order valence-electron chi connectivity index (χ0n) is 15.2. The zero-order chi connectivity index (χ0) is 19.0. The molecular formula is C18H26F3N3O2. The molecule has 26 heavy (non-hydrogen) atoms. The highest BCUT2D eigenvalue weighted by Crippen LogP contribution is 2.19. The first kappa shape index (κ1) is 20.4. The van der Waals surface area contributed by atoms with Crippen molar-refractivity contribution < 1.29 is 22.6 Å². The molecule has 1 fully saturated rings. The molecule has 1 saturated heterocycles. The quantitative estimate of drug-likeness (QED) is 0.614. The number of rotatable bonds is 6. The van der Waals surface area contributed by atoms with E-state index in [-0.39, 0.29) is 5.75 Å². The van der Waals surface area contributed by atoms with Gasteiger partial charge in [-0.25, -0.2) is 0 Å². The van der Waals surface area contributed by atoms with Gasteiger partial charge in [-0.3, -0.25) is 4.99 Å². The minimum Gasteiger partial charge on any atom is -0.484 e. The molecule has 1 aromatic carbocycles. The van der Waals surface area contributed by atoms with Crippen LogP contribution in [0.1, 0.15) is 25.3 Å². The van der Waals surface area contributed by atoms with Crippen LogP contribution in [0.3, 0.4) is 0 Å². The van der Waals surface area contributed by atoms with E-state index >= 15 is 0 Å². The second-order valence-electron chi connectivity index (χ2n) is 6.09. The Balaban J connectivity index is 1.85. The third-order valence-electron chi connectivity index (χ3n) is 4.11. The fourth-order valence-corrected chi connectivity index (χ4v) is 2.89. The molecule has 1 aromatic rings. The Labute approximate surface area is 152 Å². The highest BCUT2D eigenvalue weighted by Gasteiger charge is 2.28. The lowest BCUT2D eigenvalue weighted by molar-refractivity contribution is -0.153. The maximum absolute atomic E-state index is 12.3. The van der Waals surface area contributed by atoms with E-state index in [0.29, 0.717) is 12.6 Å². The monoisotopic (exact) mass is 373 g/mol. The van der Waals surface area contributed by atoms with Crippen LogP contribution in [0.2, 0.25) is 0 Å². The summed E-state index contributed by atoms with van der Waals surface area (Å²) < 4.78 is 47.2. The van der Waals surface area contributed by atoms with Crippen LogP contribution >= 0.6 is 0 Å². The van der Waals surface area contributed by atoms with Crippen LogP contribution < -0.4 is 10.1 Å². The van der Waals surface area contributed by atoms with Gasteiger partial charge in [0, 0.05) is 33.3 Å². The molecule has 1 N–H and O–H groups in total. The molecule has 0 spiro atoms. The van der Waals surface area contributed by atoms with E-state index in [1.165, 1.54) is 6.07 Å². The third-order valence-corrected chi connectivity index (χ3v) is 4.11. The number of likely N-dealkylation sites (tertiary alicyclic amines) is 1. The Morgan fingerprint density at radius 2 is 2.04 bits per heavy atom. The normalized spacial score (nSPS) is 16.7. The van der Waals surface area contributed by atoms with Crippen LogP contribution in [0.4, 0.5) is 13.2 Å². The van der Waals surface area contributed by atoms with Gasteiger partial charge in [0.15, 0.2) is 12.6 Å². The van der Waals surface area contributed by atoms with Crippen molar-refractivity contribution >= 4 is 5.96 Å². The highest BCUT2D eigenvalue weighted by atomic mass is 19.4. The molecule has 5 nitrogen and oxygen atoms in total. The standard InChI is InChI=1S/C18H26F3N3O2/c1-3-25-15-7-9-24(10-8-15)17(22-2)23-12-14-5-4-6-16(11-14)26-13-18(19,20)21/h4-6,11,15H,3,7-10,12-13H2,1-2H3,(H,22,23). The number of ether oxygens (including phenoxy) is 2. The Hall–Kier alpha value is -1.96. The van der Waals surface area contributed by atoms with Crippen LogP contribution in [0, 0.1) is 0 Å². The van der Waals surface area contributed by atoms with E-state index in [9.17, 15) is 13.2 Å². The smallest absolute Gasteiger partial charge is 0.422 e. The number of halogens is 3. The van der Waals surface area contributed by atoms with Gasteiger partial charge in [-0.2, -0.15) is 13.2 Å². The Morgan fingerprint density at radius 3 is 2.65 bits per heavy atom. The van der Waals surface area contributed by atoms with Gasteiger partial charge in [-0.05, 0) is 37.5 Å². The molecular weight excluding hydrogens is 347 g/mol. The summed E-state index contributed by atoms with van der Waals surface area (Å²) in [5, 5.41) is 3.26. The molecule has 0 amide bonds. The Bertz CT molecular complexity index is 585. The SMILES string of the molecule is CCOC1CCN(C(=NC)NCc2cccc(OCC(F)(F)F)c2)CC1. The Morgan fingerprint density at radius 1 is 1.31 bits per heavy atom. The second kappa shape index (κ2) is 9.66. The average Bonchev–Trinajstić information content (AvgIpc) is 2.62. The number of alkyl halides is 3. The minimum absolute atomic E-state index is 0.203. The molecule has 0 aromatic heterocycles. The molecule has 1 aliphatic heterocycles. The van der Waals surface area contributed by atoms with Crippen molar-refractivity contribution in [3.63, 3.8) is 0 Å². The summed E-state index contributed by atoms with van der Waals surface area (Å²) in [7, 11) is 1.72. The van der Waals surface area contributed by atoms with E-state index in [4.69, 9.17) is 9.47 Å². The molecule has 0 aliphatic carbocycles. The van der Waals surface area contributed by atoms with Gasteiger partial charge in [0.25, 0.3) is 0 Å². The molecule has 0 atom stereocenters. The van der Waals surface area contributed by atoms with Crippen molar-refractivity contribution in [2.45, 2.75) is 38.6 Å². The summed E-state index contributed by atoms with van der Waals surface area (Å²) in [5.74, 6) is 0.982. The number of hydrogen-bond acceptors (Lipinski definition) is 3. The zero-order valence-corrected chi connectivity index (χ0v) is 15.2. The van der Waals surface area contributed by atoms with E-state index in [0.717, 1.165) is 44.1 Å². The van der Waals surface area contributed by atoms with Crippen molar-refractivity contribution in [1.29, 1.82) is 0 Å². The fraction of sp³-hybridized carbons (Fsp3) is 0.611. The largest absolute Gasteiger partial charge is 0.484 e. The summed E-state index contributed by atoms with van der Waals surface area (Å²) in [6.07, 6.45) is -2.13. The number of guanidine groups is 1. The first-order valence-electron chi connectivity index (χ1n) is 8.77. The van der Waals surface area contributed by atoms with Gasteiger partial charge in [-0.15, -0.1) is 0 Å². The first-order chi connectivity index (χ1) is 12.4. The van der Waals surface area contributed by atoms with E-state index < -0.39 is 12.8 Å². The third kappa shape index (κ3) is 6.74. The number of nitrogens with one attached hydrogen (secondary N) is 1. The summed E-state index contributed by atoms with van der Waals surface area (Å²) >= 11 is 0. The van der Waals surface area contributed by atoms with Crippen LogP contribution in [0.25, 0.3) is 0 Å². The Kier molecular flexibility index (Phi) is 7.56. The number of piperidine rings is 1. The van der Waals surface area contributed by atoms with Gasteiger partial charge in [0.2, 0.25) is 0 Å². The van der Waals surface area contributed by atoms with Gasteiger partial charge in [-0.1, -0.05) is 12.1 Å². The maximum Gasteiger partial charge on any atom is 0.422 e. The molecule has 0 saturated carbocycles. The van der Waals surface area contributed by atoms with E-state index in [1.807, 2.05) is 13.0 Å². The molecule has 1 aliphatic rings. The van der Waals surface area contributed by atoms with Crippen molar-refractivity contribution in [3.8, 4) is 5.75 Å². The van der Waals surface area contributed by atoms with E-state index in [2.05, 4.69) is 15.2 Å². The van der Waals surface area contributed by atoms with Crippen molar-refractivity contribution in [1.82, 2.24) is 10.2 Å². The topological polar surface area (TPSA) is 46.1 Å². The highest BCUT2D eigenvalue weighted by molar-refractivity contribution is 5.80. The molecule has 8 heteroatoms. The average molecular weight is 373 g/mol. The minimum atomic E-state index is -4.34. The van der Waals surface area contributed by atoms with Gasteiger partial charge < -0.3 is 19.7 Å². The summed E-state index contributed by atoms with van der Waals surface area (Å²) in [6.45, 7) is 3.61. The van der Waals surface area contributed by atoms with Crippen molar-refractivity contribution in [2.24, 2.45) is 4.99 Å². The molecule has 0 bridgehead atoms.